The molecule has 0 saturated heterocycles. The molecule has 0 aromatic heterocycles. The Morgan fingerprint density at radius 1 is 1.15 bits per heavy atom. The van der Waals surface area contributed by atoms with E-state index in [1.165, 1.54) is 4.31 Å². The summed E-state index contributed by atoms with van der Waals surface area (Å²) < 4.78 is 28.5. The number of rotatable bonds is 5. The predicted octanol–water partition coefficient (Wildman–Crippen LogP) is 3.19. The maximum Gasteiger partial charge on any atom is 0.326 e. The van der Waals surface area contributed by atoms with Crippen molar-refractivity contribution in [3.63, 3.8) is 0 Å². The van der Waals surface area contributed by atoms with Crippen molar-refractivity contribution >= 4 is 21.6 Å². The second-order valence-electron chi connectivity index (χ2n) is 7.36. The third-order valence-electron chi connectivity index (χ3n) is 5.17. The first kappa shape index (κ1) is 17.4. The van der Waals surface area contributed by atoms with Crippen LogP contribution in [0, 0.1) is 5.92 Å². The van der Waals surface area contributed by atoms with Crippen molar-refractivity contribution in [2.45, 2.75) is 32.3 Å². The van der Waals surface area contributed by atoms with Crippen molar-refractivity contribution in [2.24, 2.45) is 5.92 Å². The van der Waals surface area contributed by atoms with E-state index in [2.05, 4.69) is 0 Å². The van der Waals surface area contributed by atoms with Crippen molar-refractivity contribution in [1.29, 1.82) is 0 Å². The number of benzene rings is 2. The van der Waals surface area contributed by atoms with Crippen LogP contribution in [0.15, 0.2) is 42.5 Å². The first-order chi connectivity index (χ1) is 12.4. The van der Waals surface area contributed by atoms with Crippen molar-refractivity contribution in [1.82, 2.24) is 0 Å². The Morgan fingerprint density at radius 3 is 2.58 bits per heavy atom. The lowest BCUT2D eigenvalue weighted by atomic mass is 9.95. The maximum absolute atomic E-state index is 12.8. The molecule has 1 aliphatic carbocycles. The molecule has 0 spiro atoms. The van der Waals surface area contributed by atoms with Crippen LogP contribution in [0.3, 0.4) is 0 Å². The molecular weight excluding hydrogens is 348 g/mol. The third kappa shape index (κ3) is 2.97. The van der Waals surface area contributed by atoms with Gasteiger partial charge >= 0.3 is 10.2 Å². The van der Waals surface area contributed by atoms with E-state index in [1.54, 1.807) is 18.3 Å². The molecule has 2 aromatic carbocycles. The molecule has 5 nitrogen and oxygen atoms in total. The van der Waals surface area contributed by atoms with Crippen molar-refractivity contribution < 1.29 is 13.5 Å². The summed E-state index contributed by atoms with van der Waals surface area (Å²) in [4.78, 5) is 0. The Bertz CT molecular complexity index is 936. The summed E-state index contributed by atoms with van der Waals surface area (Å²) in [6, 6.07) is 13.8. The van der Waals surface area contributed by atoms with Crippen molar-refractivity contribution in [3.8, 4) is 11.1 Å². The second kappa shape index (κ2) is 6.28. The maximum atomic E-state index is 12.8. The van der Waals surface area contributed by atoms with Gasteiger partial charge in [0.15, 0.2) is 0 Å². The minimum absolute atomic E-state index is 0.428. The molecule has 1 heterocycles. The lowest BCUT2D eigenvalue weighted by Gasteiger charge is -2.18. The van der Waals surface area contributed by atoms with Gasteiger partial charge in [-0.05, 0) is 60.9 Å². The van der Waals surface area contributed by atoms with Crippen LogP contribution in [-0.4, -0.2) is 33.2 Å². The molecule has 26 heavy (non-hydrogen) atoms. The van der Waals surface area contributed by atoms with Crippen LogP contribution in [0.2, 0.25) is 0 Å². The second-order valence-corrected chi connectivity index (χ2v) is 9.25. The fraction of sp³-hybridized carbons (Fsp3) is 0.400. The van der Waals surface area contributed by atoms with E-state index < -0.39 is 16.3 Å². The van der Waals surface area contributed by atoms with Crippen molar-refractivity contribution in [2.75, 3.05) is 22.2 Å². The van der Waals surface area contributed by atoms with E-state index in [1.807, 2.05) is 42.5 Å². The van der Waals surface area contributed by atoms with Gasteiger partial charge < -0.3 is 5.11 Å². The predicted molar refractivity (Wildman–Crippen MR) is 105 cm³/mol. The molecule has 1 fully saturated rings. The highest BCUT2D eigenvalue weighted by Crippen LogP contribution is 2.44. The molecule has 1 aliphatic heterocycles. The SMILES string of the molecule is CC(O)Cc1ccccc1-c1ccc2c(c1)N(C)S(=O)(=O)N2CC1CC1. The van der Waals surface area contributed by atoms with Crippen LogP contribution >= 0.6 is 0 Å². The van der Waals surface area contributed by atoms with Gasteiger partial charge in [-0.2, -0.15) is 8.42 Å². The zero-order valence-corrected chi connectivity index (χ0v) is 15.9. The number of anilines is 2. The molecule has 1 saturated carbocycles. The zero-order chi connectivity index (χ0) is 18.5. The van der Waals surface area contributed by atoms with E-state index >= 15 is 0 Å². The van der Waals surface area contributed by atoms with Gasteiger partial charge in [0.25, 0.3) is 0 Å². The first-order valence-corrected chi connectivity index (χ1v) is 10.4. The largest absolute Gasteiger partial charge is 0.393 e. The Morgan fingerprint density at radius 2 is 1.88 bits per heavy atom. The Balaban J connectivity index is 1.76. The Labute approximate surface area is 155 Å². The van der Waals surface area contributed by atoms with E-state index in [0.717, 1.165) is 40.9 Å². The van der Waals surface area contributed by atoms with Gasteiger partial charge in [0.1, 0.15) is 0 Å². The number of aliphatic hydroxyl groups is 1. The number of hydrogen-bond acceptors (Lipinski definition) is 3. The average molecular weight is 372 g/mol. The van der Waals surface area contributed by atoms with E-state index in [4.69, 9.17) is 0 Å². The van der Waals surface area contributed by atoms with Gasteiger partial charge in [-0.3, -0.25) is 8.61 Å². The summed E-state index contributed by atoms with van der Waals surface area (Å²) in [6.07, 6.45) is 2.35. The standard InChI is InChI=1S/C20H24N2O3S/c1-14(23)11-16-5-3-4-6-18(16)17-9-10-19-20(12-17)21(2)26(24,25)22(19)13-15-7-8-15/h3-6,9-10,12,14-15,23H,7-8,11,13H2,1-2H3. The molecular formula is C20H24N2O3S. The third-order valence-corrected chi connectivity index (χ3v) is 6.96. The van der Waals surface area contributed by atoms with Crippen LogP contribution in [0.4, 0.5) is 11.4 Å². The molecule has 138 valence electrons. The number of hydrogen-bond donors (Lipinski definition) is 1. The summed E-state index contributed by atoms with van der Waals surface area (Å²) in [5, 5.41) is 9.77. The topological polar surface area (TPSA) is 60.9 Å². The fourth-order valence-electron chi connectivity index (χ4n) is 3.58. The fourth-order valence-corrected chi connectivity index (χ4v) is 5.07. The van der Waals surface area contributed by atoms with Crippen LogP contribution in [0.1, 0.15) is 25.3 Å². The monoisotopic (exact) mass is 372 g/mol. The smallest absolute Gasteiger partial charge is 0.326 e. The molecule has 1 N–H and O–H groups in total. The van der Waals surface area contributed by atoms with Crippen LogP contribution in [-0.2, 0) is 16.6 Å². The van der Waals surface area contributed by atoms with Crippen molar-refractivity contribution in [3.05, 3.63) is 48.0 Å². The average Bonchev–Trinajstić information content (AvgIpc) is 3.40. The van der Waals surface area contributed by atoms with E-state index in [9.17, 15) is 13.5 Å². The highest BCUT2D eigenvalue weighted by Gasteiger charge is 2.40. The van der Waals surface area contributed by atoms with Gasteiger partial charge in [0, 0.05) is 13.6 Å². The van der Waals surface area contributed by atoms with Gasteiger partial charge in [-0.1, -0.05) is 30.3 Å². The first-order valence-electron chi connectivity index (χ1n) is 9.05. The molecule has 2 aromatic rings. The number of fused-ring (bicyclic) bond motifs is 1. The van der Waals surface area contributed by atoms with Gasteiger partial charge in [-0.25, -0.2) is 0 Å². The number of nitrogens with zero attached hydrogens (tertiary/aromatic N) is 2. The lowest BCUT2D eigenvalue weighted by Crippen LogP contribution is -2.36. The summed E-state index contributed by atoms with van der Waals surface area (Å²) in [5.41, 5.74) is 4.53. The normalized spacial score (nSPS) is 19.5. The number of aliphatic hydroxyl groups excluding tert-OH is 1. The van der Waals surface area contributed by atoms with E-state index in [0.29, 0.717) is 18.9 Å². The molecule has 2 aliphatic rings. The minimum atomic E-state index is -3.48. The van der Waals surface area contributed by atoms with Crippen LogP contribution < -0.4 is 8.61 Å². The molecule has 1 unspecified atom stereocenters. The lowest BCUT2D eigenvalue weighted by molar-refractivity contribution is 0.195. The summed E-state index contributed by atoms with van der Waals surface area (Å²) in [5.74, 6) is 0.482. The van der Waals surface area contributed by atoms with Gasteiger partial charge in [0.2, 0.25) is 0 Å². The minimum Gasteiger partial charge on any atom is -0.393 e. The summed E-state index contributed by atoms with van der Waals surface area (Å²) >= 11 is 0. The van der Waals surface area contributed by atoms with Gasteiger partial charge in [-0.15, -0.1) is 0 Å². The highest BCUT2D eigenvalue weighted by atomic mass is 32.2. The quantitative estimate of drug-likeness (QED) is 0.877. The van der Waals surface area contributed by atoms with E-state index in [-0.39, 0.29) is 0 Å². The molecule has 1 atom stereocenters. The zero-order valence-electron chi connectivity index (χ0n) is 15.1. The Kier molecular flexibility index (Phi) is 4.20. The highest BCUT2D eigenvalue weighted by molar-refractivity contribution is 7.94. The Hall–Kier alpha value is -2.05. The van der Waals surface area contributed by atoms with Crippen LogP contribution in [0.25, 0.3) is 11.1 Å². The molecule has 0 amide bonds. The molecule has 0 bridgehead atoms. The molecule has 6 heteroatoms. The molecule has 4 rings (SSSR count). The van der Waals surface area contributed by atoms with Gasteiger partial charge in [0.05, 0.1) is 17.5 Å². The summed E-state index contributed by atoms with van der Waals surface area (Å²) in [7, 11) is -1.86. The summed E-state index contributed by atoms with van der Waals surface area (Å²) in [6.45, 7) is 2.34. The van der Waals surface area contributed by atoms with Crippen LogP contribution in [0.5, 0.6) is 0 Å². The molecule has 0 radical (unpaired) electrons.